The number of phenols is 2. The molecule has 5 aromatic rings. The summed E-state index contributed by atoms with van der Waals surface area (Å²) in [6.45, 7) is 7.72. The summed E-state index contributed by atoms with van der Waals surface area (Å²) in [6, 6.07) is 24.2. The van der Waals surface area contributed by atoms with Gasteiger partial charge in [0, 0.05) is 144 Å². The fraction of sp³-hybridized carbons (Fsp3) is 0.511. The van der Waals surface area contributed by atoms with E-state index in [4.69, 9.17) is 62.6 Å². The van der Waals surface area contributed by atoms with Crippen LogP contribution in [0.4, 0.5) is 25.8 Å². The van der Waals surface area contributed by atoms with Crippen molar-refractivity contribution in [3.05, 3.63) is 147 Å². The highest BCUT2D eigenvalue weighted by Gasteiger charge is 2.56. The third kappa shape index (κ3) is 22.5. The normalized spacial score (nSPS) is 20.8. The van der Waals surface area contributed by atoms with Crippen molar-refractivity contribution in [3.8, 4) is 17.2 Å². The maximum atomic E-state index is 14.4. The summed E-state index contributed by atoms with van der Waals surface area (Å²) in [4.78, 5) is 155. The minimum Gasteiger partial charge on any atom is -0.507 e. The maximum absolute atomic E-state index is 14.4. The average Bonchev–Trinajstić information content (AvgIpc) is 1.45. The predicted molar refractivity (Wildman–Crippen MR) is 446 cm³/mol. The number of amides is 8. The topological polar surface area (TPSA) is 471 Å². The number of benzene rings is 5. The average molecular weight is 1740 g/mol. The molecule has 3 saturated heterocycles. The smallest absolute Gasteiger partial charge is 0.409 e. The van der Waals surface area contributed by atoms with Crippen LogP contribution in [0.25, 0.3) is 11.3 Å². The minimum atomic E-state index is -2.50. The van der Waals surface area contributed by atoms with E-state index in [9.17, 15) is 68.1 Å². The van der Waals surface area contributed by atoms with Crippen LogP contribution < -0.4 is 36.6 Å². The van der Waals surface area contributed by atoms with Gasteiger partial charge in [-0.1, -0.05) is 80.6 Å². The number of urea groups is 1. The number of nitrogens with two attached hydrogens (primary N) is 1. The van der Waals surface area contributed by atoms with Crippen LogP contribution in [0.3, 0.4) is 0 Å². The van der Waals surface area contributed by atoms with Crippen LogP contribution >= 0.6 is 0 Å². The lowest BCUT2D eigenvalue weighted by Gasteiger charge is -2.43. The zero-order chi connectivity index (χ0) is 89.2. The van der Waals surface area contributed by atoms with E-state index in [1.54, 1.807) is 49.9 Å². The number of carbonyl (C=O) groups excluding carboxylic acids is 11. The number of anilines is 2. The quantitative estimate of drug-likeness (QED) is 0.0152. The number of ether oxygens (including phenoxy) is 12. The van der Waals surface area contributed by atoms with Gasteiger partial charge in [-0.3, -0.25) is 43.3 Å². The van der Waals surface area contributed by atoms with E-state index in [1.165, 1.54) is 51.4 Å². The van der Waals surface area contributed by atoms with Gasteiger partial charge in [-0.25, -0.2) is 14.4 Å². The number of primary amides is 1. The molecule has 3 fully saturated rings. The molecule has 2 unspecified atom stereocenters. The van der Waals surface area contributed by atoms with Crippen LogP contribution in [0.15, 0.2) is 101 Å². The number of carbonyl (C=O) groups is 11. The van der Waals surface area contributed by atoms with Gasteiger partial charge >= 0.3 is 18.2 Å². The Morgan fingerprint density at radius 3 is 2.10 bits per heavy atom. The Kier molecular flexibility index (Phi) is 32.1. The molecule has 10 atom stereocenters. The first kappa shape index (κ1) is 92.9. The lowest BCUT2D eigenvalue weighted by atomic mass is 9.72. The van der Waals surface area contributed by atoms with Crippen LogP contribution in [0.2, 0.25) is 0 Å². The standard InChI is InChI=1S/C88H109N11O26/c1-50(2)75(94-68(103)27-33-116-36-38-118-40-41-119-39-37-117-34-29-90-67(102)25-26-69(104)99-47-54-14-8-9-16-56(54)60-46-92-95-76(60)57-17-10-11-19-61(57)99)63(100)42-53(15-13-28-91-85(89)110)82(109)93-55-23-21-52(22-24-55)48-121-86(111)96(4)30-31-97(5)87(112)122-49-66(101)88(113)44-59-72(80(108)74-73(78(59)106)77(105)58-18-12-20-64(114-6)71(58)79(74)107)65(45-88)124-70-43-62-81(51(3)123-70)125-83-84(115-7)120-35-32-98(62)83/h8-12,14,16-24,50-51,53,62,65,70,75,81,83-84,106,108,113H,13,15,25-49H2,1-7H3,(H,90,102)(H,93,109)(H,94,103)(H3,89,91,110)/t51-,53+,62-,65-,70?,75-,81?,83+,84-,88-/m0/s1. The van der Waals surface area contributed by atoms with Crippen LogP contribution in [-0.2, 0) is 100 Å². The molecule has 0 spiro atoms. The summed E-state index contributed by atoms with van der Waals surface area (Å²) >= 11 is 0. The van der Waals surface area contributed by atoms with Gasteiger partial charge in [0.15, 0.2) is 37.0 Å². The summed E-state index contributed by atoms with van der Waals surface area (Å²) in [6.07, 6.45) is -7.72. The first-order valence-electron chi connectivity index (χ1n) is 41.8. The van der Waals surface area contributed by atoms with Gasteiger partial charge in [0.2, 0.25) is 35.2 Å². The predicted octanol–water partition coefficient (Wildman–Crippen LogP) is 6.39. The van der Waals surface area contributed by atoms with Crippen LogP contribution in [0, 0.1) is 11.8 Å². The number of Topliss-reactive ketones (excluding diaryl/α,β-unsaturated/α-hetero) is 2. The van der Waals surface area contributed by atoms with Gasteiger partial charge in [0.1, 0.15) is 41.3 Å². The van der Waals surface area contributed by atoms with E-state index in [0.29, 0.717) is 37.5 Å². The Balaban J connectivity index is 0.533. The molecule has 37 nitrogen and oxygen atoms in total. The van der Waals surface area contributed by atoms with Crippen molar-refractivity contribution in [2.45, 2.75) is 147 Å². The number of rotatable bonds is 41. The molecular formula is C88H109N11O26. The van der Waals surface area contributed by atoms with Gasteiger partial charge < -0.3 is 114 Å². The first-order valence-corrected chi connectivity index (χ1v) is 41.8. The van der Waals surface area contributed by atoms with E-state index in [0.717, 1.165) is 38.5 Å². The highest BCUT2D eigenvalue weighted by atomic mass is 16.7. The number of ketones is 4. The van der Waals surface area contributed by atoms with Crippen molar-refractivity contribution >= 4 is 87.6 Å². The number of phenolic OH excluding ortho intramolecular Hbond substituents is 2. The van der Waals surface area contributed by atoms with Crippen molar-refractivity contribution < 1.29 is 125 Å². The molecule has 12 rings (SSSR count). The van der Waals surface area contributed by atoms with E-state index in [-0.39, 0.29) is 188 Å². The van der Waals surface area contributed by atoms with Crippen molar-refractivity contribution in [1.82, 2.24) is 30.7 Å². The summed E-state index contributed by atoms with van der Waals surface area (Å²) in [7, 11) is 5.59. The number of methoxy groups -OCH3 is 2. The molecule has 0 radical (unpaired) electrons. The van der Waals surface area contributed by atoms with Gasteiger partial charge in [0.25, 0.3) is 0 Å². The zero-order valence-corrected chi connectivity index (χ0v) is 71.0. The van der Waals surface area contributed by atoms with E-state index < -0.39 is 144 Å². The van der Waals surface area contributed by atoms with Gasteiger partial charge in [0.05, 0.1) is 120 Å². The number of hydrogen-bond donors (Lipinski definition) is 8. The molecule has 5 aromatic carbocycles. The second-order valence-electron chi connectivity index (χ2n) is 31.8. The Bertz CT molecular complexity index is 4850. The Labute approximate surface area is 722 Å². The molecule has 37 heteroatoms. The lowest BCUT2D eigenvalue weighted by Crippen LogP contribution is -2.55. The molecule has 5 heterocycles. The monoisotopic (exact) mass is 1740 g/mol. The third-order valence-electron chi connectivity index (χ3n) is 23.0. The highest BCUT2D eigenvalue weighted by molar-refractivity contribution is 6.31. The lowest BCUT2D eigenvalue weighted by molar-refractivity contribution is -0.256. The SMILES string of the molecule is COc1cccc2c1C(=O)c1c(O)c3c(c(O)c1C2=O)C[C@@](O)(C(=O)COC(=O)N(C)CCN(C)C(=O)OCc1ccc(NC(=O)[C@H](CCCNC(N)=O)CC(=O)[C@@H](NC(=O)CCOCCOCCOCCOCCNC(=O)CCC(=O)N2Cc4ccccc4C4=C(N=NC4)c4ccccc42)C(C)C)cc1)C[C@@H]3OC1C[C@H]2C(O[C@@H]3[C@@H](OC)OCCN32)[C@H](C)O1. The van der Waals surface area contributed by atoms with E-state index in [1.807, 2.05) is 48.5 Å². The maximum Gasteiger partial charge on any atom is 0.409 e. The second kappa shape index (κ2) is 43.1. The summed E-state index contributed by atoms with van der Waals surface area (Å²) in [5, 5.41) is 56.5. The number of nitrogens with one attached hydrogen (secondary N) is 4. The molecule has 672 valence electrons. The number of nitrogens with zero attached hydrogens (tertiary/aromatic N) is 6. The minimum absolute atomic E-state index is 0.00588. The number of morpholine rings is 1. The van der Waals surface area contributed by atoms with Crippen LogP contribution in [-0.4, -0.2) is 277 Å². The number of para-hydroxylation sites is 1. The first-order chi connectivity index (χ1) is 60.2. The number of aromatic hydroxyl groups is 2. The summed E-state index contributed by atoms with van der Waals surface area (Å²) in [5.74, 6) is -7.24. The second-order valence-corrected chi connectivity index (χ2v) is 31.8. The van der Waals surface area contributed by atoms with Crippen molar-refractivity contribution in [3.63, 3.8) is 0 Å². The van der Waals surface area contributed by atoms with E-state index in [2.05, 4.69) is 36.4 Å². The van der Waals surface area contributed by atoms with Crippen molar-refractivity contribution in [2.24, 2.45) is 27.8 Å². The molecule has 9 N–H and O–H groups in total. The Morgan fingerprint density at radius 1 is 0.728 bits per heavy atom. The summed E-state index contributed by atoms with van der Waals surface area (Å²) < 4.78 is 69.5. The number of hydrogen-bond acceptors (Lipinski definition) is 29. The van der Waals surface area contributed by atoms with Crippen LogP contribution in [0.5, 0.6) is 17.2 Å². The number of azo groups is 1. The molecular weight excluding hydrogens is 1630 g/mol. The zero-order valence-electron chi connectivity index (χ0n) is 71.0. The number of aliphatic hydroxyl groups is 1. The molecule has 2 aliphatic carbocycles. The Hall–Kier alpha value is -11.2. The fourth-order valence-corrected chi connectivity index (χ4v) is 16.4. The third-order valence-corrected chi connectivity index (χ3v) is 23.0. The van der Waals surface area contributed by atoms with Gasteiger partial charge in [-0.2, -0.15) is 10.2 Å². The molecule has 7 aliphatic rings. The summed E-state index contributed by atoms with van der Waals surface area (Å²) in [5.41, 5.74) is 7.15. The number of fused-ring (bicyclic) bond motifs is 10. The number of likely N-dealkylation sites (N-methyl/N-ethyl adjacent to an activating group) is 2. The van der Waals surface area contributed by atoms with Gasteiger partial charge in [-0.05, 0) is 66.6 Å². The Morgan fingerprint density at radius 2 is 1.40 bits per heavy atom. The molecule has 8 amide bonds. The molecule has 0 aromatic heterocycles. The largest absolute Gasteiger partial charge is 0.507 e. The van der Waals surface area contributed by atoms with E-state index >= 15 is 0 Å². The fourth-order valence-electron chi connectivity index (χ4n) is 16.4. The van der Waals surface area contributed by atoms with Crippen LogP contribution in [0.1, 0.15) is 143 Å². The molecule has 125 heavy (non-hydrogen) atoms. The molecule has 0 saturated carbocycles. The van der Waals surface area contributed by atoms with Crippen molar-refractivity contribution in [1.29, 1.82) is 0 Å². The van der Waals surface area contributed by atoms with Crippen molar-refractivity contribution in [2.75, 3.05) is 144 Å². The molecule has 0 bridgehead atoms. The molecule has 5 aliphatic heterocycles. The van der Waals surface area contributed by atoms with Gasteiger partial charge in [-0.15, -0.1) is 0 Å². The highest BCUT2D eigenvalue weighted by Crippen LogP contribution is 2.54.